The molecule has 5 nitrogen and oxygen atoms in total. The Hall–Kier alpha value is -3.12. The van der Waals surface area contributed by atoms with Crippen molar-refractivity contribution in [1.82, 2.24) is 4.90 Å². The molecular formula is C24H21NO4S. The highest BCUT2D eigenvalue weighted by atomic mass is 32.1. The standard InChI is InChI=1S/C24H21NO4S/c26-23(27)21-12-11-20(22-10-5-13-30-22)25(21)24(28)29-14-19-17-8-3-1-6-15(17)16-7-2-4-9-18(16)19/h1-10,13,19-21H,11-12,14H2,(H,26,27)/t20-,21-/m0/s1. The van der Waals surface area contributed by atoms with Crippen LogP contribution in [0.25, 0.3) is 11.1 Å². The van der Waals surface area contributed by atoms with Crippen LogP contribution in [0, 0.1) is 0 Å². The average Bonchev–Trinajstić information content (AvgIpc) is 3.49. The quantitative estimate of drug-likeness (QED) is 0.624. The van der Waals surface area contributed by atoms with Crippen molar-refractivity contribution in [1.29, 1.82) is 0 Å². The first-order valence-corrected chi connectivity index (χ1v) is 10.9. The molecular weight excluding hydrogens is 398 g/mol. The minimum Gasteiger partial charge on any atom is -0.480 e. The molecule has 1 amide bonds. The van der Waals surface area contributed by atoms with Gasteiger partial charge in [-0.2, -0.15) is 0 Å². The van der Waals surface area contributed by atoms with Crippen LogP contribution in [0.2, 0.25) is 0 Å². The number of benzene rings is 2. The zero-order chi connectivity index (χ0) is 20.7. The molecule has 3 aromatic rings. The predicted octanol–water partition coefficient (Wildman–Crippen LogP) is 5.29. The van der Waals surface area contributed by atoms with Crippen LogP contribution < -0.4 is 0 Å². The molecule has 0 spiro atoms. The second-order valence-corrected chi connectivity index (χ2v) is 8.65. The Labute approximate surface area is 178 Å². The van der Waals surface area contributed by atoms with Gasteiger partial charge in [0.1, 0.15) is 12.6 Å². The van der Waals surface area contributed by atoms with E-state index in [1.165, 1.54) is 16.2 Å². The molecule has 5 rings (SSSR count). The number of carbonyl (C=O) groups excluding carboxylic acids is 1. The molecule has 6 heteroatoms. The molecule has 1 saturated heterocycles. The highest BCUT2D eigenvalue weighted by molar-refractivity contribution is 7.10. The van der Waals surface area contributed by atoms with Crippen LogP contribution in [0.3, 0.4) is 0 Å². The van der Waals surface area contributed by atoms with Gasteiger partial charge < -0.3 is 9.84 Å². The fraction of sp³-hybridized carbons (Fsp3) is 0.250. The molecule has 2 atom stereocenters. The molecule has 2 aromatic carbocycles. The van der Waals surface area contributed by atoms with Crippen molar-refractivity contribution < 1.29 is 19.4 Å². The number of hydrogen-bond donors (Lipinski definition) is 1. The van der Waals surface area contributed by atoms with E-state index in [0.29, 0.717) is 12.8 Å². The van der Waals surface area contributed by atoms with Crippen molar-refractivity contribution in [2.24, 2.45) is 0 Å². The van der Waals surface area contributed by atoms with Gasteiger partial charge in [0, 0.05) is 10.8 Å². The van der Waals surface area contributed by atoms with Crippen molar-refractivity contribution in [3.63, 3.8) is 0 Å². The lowest BCUT2D eigenvalue weighted by atomic mass is 9.98. The molecule has 0 radical (unpaired) electrons. The number of carbonyl (C=O) groups is 2. The van der Waals surface area contributed by atoms with Crippen molar-refractivity contribution in [3.05, 3.63) is 82.0 Å². The minimum atomic E-state index is -0.984. The van der Waals surface area contributed by atoms with Gasteiger partial charge in [0.25, 0.3) is 0 Å². The number of aliphatic carboxylic acids is 1. The summed E-state index contributed by atoms with van der Waals surface area (Å²) in [6.45, 7) is 0.187. The van der Waals surface area contributed by atoms with Gasteiger partial charge in [-0.05, 0) is 46.5 Å². The Morgan fingerprint density at radius 2 is 1.63 bits per heavy atom. The fourth-order valence-corrected chi connectivity index (χ4v) is 5.60. The highest BCUT2D eigenvalue weighted by Crippen LogP contribution is 2.45. The molecule has 2 aliphatic rings. The normalized spacial score (nSPS) is 20.1. The number of fused-ring (bicyclic) bond motifs is 3. The van der Waals surface area contributed by atoms with Gasteiger partial charge in [-0.3, -0.25) is 4.90 Å². The van der Waals surface area contributed by atoms with Gasteiger partial charge in [0.05, 0.1) is 6.04 Å². The largest absolute Gasteiger partial charge is 0.480 e. The van der Waals surface area contributed by atoms with Crippen molar-refractivity contribution in [2.75, 3.05) is 6.61 Å². The van der Waals surface area contributed by atoms with E-state index in [2.05, 4.69) is 24.3 Å². The molecule has 1 aliphatic carbocycles. The second kappa shape index (κ2) is 7.61. The molecule has 1 aromatic heterocycles. The molecule has 0 bridgehead atoms. The van der Waals surface area contributed by atoms with E-state index in [-0.39, 0.29) is 18.6 Å². The van der Waals surface area contributed by atoms with Gasteiger partial charge in [-0.1, -0.05) is 54.6 Å². The van der Waals surface area contributed by atoms with Crippen molar-refractivity contribution >= 4 is 23.4 Å². The summed E-state index contributed by atoms with van der Waals surface area (Å²) < 4.78 is 5.76. The number of rotatable bonds is 4. The molecule has 152 valence electrons. The topological polar surface area (TPSA) is 66.8 Å². The Bertz CT molecular complexity index is 1050. The van der Waals surface area contributed by atoms with E-state index in [0.717, 1.165) is 27.1 Å². The van der Waals surface area contributed by atoms with Gasteiger partial charge in [0.15, 0.2) is 0 Å². The number of thiophene rings is 1. The number of amides is 1. The number of carboxylic acids is 1. The first kappa shape index (κ1) is 18.9. The van der Waals surface area contributed by atoms with Crippen molar-refractivity contribution in [2.45, 2.75) is 30.8 Å². The van der Waals surface area contributed by atoms with Crippen LogP contribution >= 0.6 is 11.3 Å². The SMILES string of the molecule is O=C(O)[C@@H]1CC[C@@H](c2cccs2)N1C(=O)OCC1c2ccccc2-c2ccccc21. The first-order chi connectivity index (χ1) is 14.6. The van der Waals surface area contributed by atoms with E-state index in [1.807, 2.05) is 41.8 Å². The maximum atomic E-state index is 13.1. The Balaban J connectivity index is 1.39. The molecule has 1 N–H and O–H groups in total. The summed E-state index contributed by atoms with van der Waals surface area (Å²) in [5.74, 6) is -1.03. The lowest BCUT2D eigenvalue weighted by molar-refractivity contribution is -0.142. The van der Waals surface area contributed by atoms with Crippen LogP contribution in [0.15, 0.2) is 66.0 Å². The minimum absolute atomic E-state index is 0.0487. The maximum Gasteiger partial charge on any atom is 0.411 e. The average molecular weight is 420 g/mol. The fourth-order valence-electron chi connectivity index (χ4n) is 4.74. The zero-order valence-electron chi connectivity index (χ0n) is 16.2. The third-order valence-electron chi connectivity index (χ3n) is 6.09. The number of carboxylic acid groups (broad SMARTS) is 1. The number of nitrogens with zero attached hydrogens (tertiary/aromatic N) is 1. The predicted molar refractivity (Wildman–Crippen MR) is 115 cm³/mol. The summed E-state index contributed by atoms with van der Waals surface area (Å²) in [6.07, 6.45) is 0.504. The molecule has 2 heterocycles. The van der Waals surface area contributed by atoms with Crippen LogP contribution in [-0.2, 0) is 9.53 Å². The van der Waals surface area contributed by atoms with E-state index < -0.39 is 18.1 Å². The zero-order valence-corrected chi connectivity index (χ0v) is 17.0. The Kier molecular flexibility index (Phi) is 4.79. The first-order valence-electron chi connectivity index (χ1n) is 10.0. The maximum absolute atomic E-state index is 13.1. The van der Waals surface area contributed by atoms with Gasteiger partial charge >= 0.3 is 12.1 Å². The monoisotopic (exact) mass is 419 g/mol. The smallest absolute Gasteiger partial charge is 0.411 e. The molecule has 0 saturated carbocycles. The van der Waals surface area contributed by atoms with Crippen LogP contribution in [0.1, 0.15) is 40.8 Å². The van der Waals surface area contributed by atoms with Gasteiger partial charge in [-0.25, -0.2) is 9.59 Å². The second-order valence-electron chi connectivity index (χ2n) is 7.67. The molecule has 0 unspecified atom stereocenters. The van der Waals surface area contributed by atoms with Crippen molar-refractivity contribution in [3.8, 4) is 11.1 Å². The van der Waals surface area contributed by atoms with E-state index in [1.54, 1.807) is 0 Å². The van der Waals surface area contributed by atoms with Crippen LogP contribution in [-0.4, -0.2) is 34.7 Å². The summed E-state index contributed by atoms with van der Waals surface area (Å²) in [4.78, 5) is 27.3. The summed E-state index contributed by atoms with van der Waals surface area (Å²) in [5.41, 5.74) is 4.60. The summed E-state index contributed by atoms with van der Waals surface area (Å²) in [7, 11) is 0. The molecule has 1 aliphatic heterocycles. The lowest BCUT2D eigenvalue weighted by Crippen LogP contribution is -2.42. The highest BCUT2D eigenvalue weighted by Gasteiger charge is 2.43. The summed E-state index contributed by atoms with van der Waals surface area (Å²) in [5, 5.41) is 11.6. The van der Waals surface area contributed by atoms with Gasteiger partial charge in [0.2, 0.25) is 0 Å². The van der Waals surface area contributed by atoms with E-state index in [9.17, 15) is 14.7 Å². The number of likely N-dealkylation sites (tertiary alicyclic amines) is 1. The number of ether oxygens (including phenoxy) is 1. The van der Waals surface area contributed by atoms with E-state index >= 15 is 0 Å². The number of hydrogen-bond acceptors (Lipinski definition) is 4. The lowest BCUT2D eigenvalue weighted by Gasteiger charge is -2.27. The Morgan fingerprint density at radius 1 is 0.967 bits per heavy atom. The third kappa shape index (κ3) is 3.08. The van der Waals surface area contributed by atoms with Crippen LogP contribution in [0.5, 0.6) is 0 Å². The third-order valence-corrected chi connectivity index (χ3v) is 7.06. The summed E-state index contributed by atoms with van der Waals surface area (Å²) in [6, 6.07) is 19.1. The Morgan fingerprint density at radius 3 is 2.23 bits per heavy atom. The molecule has 1 fully saturated rings. The van der Waals surface area contributed by atoms with Crippen LogP contribution in [0.4, 0.5) is 4.79 Å². The summed E-state index contributed by atoms with van der Waals surface area (Å²) >= 11 is 1.54. The van der Waals surface area contributed by atoms with E-state index in [4.69, 9.17) is 4.74 Å². The van der Waals surface area contributed by atoms with Gasteiger partial charge in [-0.15, -0.1) is 11.3 Å². The molecule has 30 heavy (non-hydrogen) atoms.